The fourth-order valence-electron chi connectivity index (χ4n) is 1.40. The van der Waals surface area contributed by atoms with Crippen molar-refractivity contribution in [3.05, 3.63) is 35.4 Å². The van der Waals surface area contributed by atoms with Gasteiger partial charge in [0.25, 0.3) is 0 Å². The van der Waals surface area contributed by atoms with Gasteiger partial charge in [0.2, 0.25) is 5.91 Å². The van der Waals surface area contributed by atoms with Crippen LogP contribution in [0.5, 0.6) is 0 Å². The van der Waals surface area contributed by atoms with Crippen molar-refractivity contribution in [3.63, 3.8) is 0 Å². The minimum Gasteiger partial charge on any atom is -0.480 e. The summed E-state index contributed by atoms with van der Waals surface area (Å²) in [5, 5.41) is 8.56. The lowest BCUT2D eigenvalue weighted by molar-refractivity contribution is -0.143. The van der Waals surface area contributed by atoms with Crippen molar-refractivity contribution in [3.8, 4) is 0 Å². The van der Waals surface area contributed by atoms with Crippen LogP contribution in [-0.4, -0.2) is 35.5 Å². The first-order chi connectivity index (χ1) is 7.50. The predicted octanol–water partition coefficient (Wildman–Crippen LogP) is 1.08. The standard InChI is InChI=1S/C12H15NO3/c1-9-5-3-4-6-10(9)7-11(14)13(2)8-12(15)16/h3-6H,7-8H2,1-2H3,(H,15,16). The first-order valence-electron chi connectivity index (χ1n) is 5.01. The topological polar surface area (TPSA) is 57.6 Å². The normalized spacial score (nSPS) is 9.88. The number of likely N-dealkylation sites (N-methyl/N-ethyl adjacent to an activating group) is 1. The van der Waals surface area contributed by atoms with Gasteiger partial charge in [-0.25, -0.2) is 0 Å². The number of aliphatic carboxylic acids is 1. The van der Waals surface area contributed by atoms with Crippen LogP contribution in [0.1, 0.15) is 11.1 Å². The van der Waals surface area contributed by atoms with Gasteiger partial charge in [0, 0.05) is 7.05 Å². The summed E-state index contributed by atoms with van der Waals surface area (Å²) in [6.45, 7) is 1.67. The molecule has 1 N–H and O–H groups in total. The first kappa shape index (κ1) is 12.2. The van der Waals surface area contributed by atoms with Gasteiger partial charge in [-0.05, 0) is 18.1 Å². The Morgan fingerprint density at radius 3 is 2.50 bits per heavy atom. The number of carbonyl (C=O) groups excluding carboxylic acids is 1. The van der Waals surface area contributed by atoms with Gasteiger partial charge in [0.1, 0.15) is 6.54 Å². The van der Waals surface area contributed by atoms with E-state index >= 15 is 0 Å². The maximum Gasteiger partial charge on any atom is 0.323 e. The molecule has 0 aromatic heterocycles. The molecular weight excluding hydrogens is 206 g/mol. The van der Waals surface area contributed by atoms with Gasteiger partial charge < -0.3 is 10.0 Å². The Kier molecular flexibility index (Phi) is 4.05. The van der Waals surface area contributed by atoms with Crippen LogP contribution in [-0.2, 0) is 16.0 Å². The molecule has 1 aromatic rings. The number of rotatable bonds is 4. The molecule has 0 fully saturated rings. The third-order valence-corrected chi connectivity index (χ3v) is 2.40. The van der Waals surface area contributed by atoms with Crippen molar-refractivity contribution in [1.29, 1.82) is 0 Å². The zero-order valence-electron chi connectivity index (χ0n) is 9.43. The van der Waals surface area contributed by atoms with Crippen LogP contribution in [0.4, 0.5) is 0 Å². The third-order valence-electron chi connectivity index (χ3n) is 2.40. The molecule has 0 atom stereocenters. The largest absolute Gasteiger partial charge is 0.480 e. The van der Waals surface area contributed by atoms with Gasteiger partial charge in [-0.3, -0.25) is 9.59 Å². The molecule has 4 nitrogen and oxygen atoms in total. The van der Waals surface area contributed by atoms with Crippen LogP contribution in [0, 0.1) is 6.92 Å². The minimum atomic E-state index is -0.999. The van der Waals surface area contributed by atoms with E-state index < -0.39 is 5.97 Å². The van der Waals surface area contributed by atoms with Crippen molar-refractivity contribution in [2.45, 2.75) is 13.3 Å². The molecular formula is C12H15NO3. The van der Waals surface area contributed by atoms with Crippen LogP contribution >= 0.6 is 0 Å². The van der Waals surface area contributed by atoms with E-state index in [2.05, 4.69) is 0 Å². The molecule has 1 amide bonds. The summed E-state index contributed by atoms with van der Waals surface area (Å²) in [4.78, 5) is 23.3. The number of aryl methyl sites for hydroxylation is 1. The molecule has 0 aliphatic rings. The van der Waals surface area contributed by atoms with E-state index in [9.17, 15) is 9.59 Å². The van der Waals surface area contributed by atoms with Crippen molar-refractivity contribution in [2.24, 2.45) is 0 Å². The Labute approximate surface area is 94.5 Å². The summed E-state index contributed by atoms with van der Waals surface area (Å²) >= 11 is 0. The highest BCUT2D eigenvalue weighted by Crippen LogP contribution is 2.08. The van der Waals surface area contributed by atoms with Gasteiger partial charge in [-0.1, -0.05) is 24.3 Å². The molecule has 1 aromatic carbocycles. The number of hydrogen-bond acceptors (Lipinski definition) is 2. The molecule has 0 aliphatic carbocycles. The van der Waals surface area contributed by atoms with E-state index in [4.69, 9.17) is 5.11 Å². The van der Waals surface area contributed by atoms with Gasteiger partial charge in [-0.2, -0.15) is 0 Å². The van der Waals surface area contributed by atoms with Crippen LogP contribution < -0.4 is 0 Å². The molecule has 0 saturated heterocycles. The van der Waals surface area contributed by atoms with E-state index in [0.29, 0.717) is 0 Å². The van der Waals surface area contributed by atoms with E-state index in [1.54, 1.807) is 0 Å². The third kappa shape index (κ3) is 3.38. The number of carbonyl (C=O) groups is 2. The summed E-state index contributed by atoms with van der Waals surface area (Å²) in [7, 11) is 1.49. The minimum absolute atomic E-state index is 0.184. The molecule has 0 saturated carbocycles. The second kappa shape index (κ2) is 5.30. The fraction of sp³-hybridized carbons (Fsp3) is 0.333. The van der Waals surface area contributed by atoms with Crippen LogP contribution in [0.15, 0.2) is 24.3 Å². The zero-order valence-corrected chi connectivity index (χ0v) is 9.43. The summed E-state index contributed by atoms with van der Waals surface area (Å²) in [5.74, 6) is -1.18. The van der Waals surface area contributed by atoms with E-state index in [0.717, 1.165) is 11.1 Å². The smallest absolute Gasteiger partial charge is 0.323 e. The molecule has 0 bridgehead atoms. The monoisotopic (exact) mass is 221 g/mol. The lowest BCUT2D eigenvalue weighted by Gasteiger charge is -2.15. The number of hydrogen-bond donors (Lipinski definition) is 1. The highest BCUT2D eigenvalue weighted by molar-refractivity contribution is 5.82. The summed E-state index contributed by atoms with van der Waals surface area (Å²) in [5.41, 5.74) is 1.98. The Balaban J connectivity index is 2.64. The van der Waals surface area contributed by atoms with Gasteiger partial charge in [0.15, 0.2) is 0 Å². The second-order valence-corrected chi connectivity index (χ2v) is 3.75. The SMILES string of the molecule is Cc1ccccc1CC(=O)N(C)CC(=O)O. The highest BCUT2D eigenvalue weighted by Gasteiger charge is 2.13. The zero-order chi connectivity index (χ0) is 12.1. The van der Waals surface area contributed by atoms with Crippen LogP contribution in [0.25, 0.3) is 0 Å². The molecule has 0 radical (unpaired) electrons. The highest BCUT2D eigenvalue weighted by atomic mass is 16.4. The maximum atomic E-state index is 11.7. The predicted molar refractivity (Wildman–Crippen MR) is 60.2 cm³/mol. The summed E-state index contributed by atoms with van der Waals surface area (Å²) < 4.78 is 0. The molecule has 0 heterocycles. The van der Waals surface area contributed by atoms with Crippen LogP contribution in [0.3, 0.4) is 0 Å². The molecule has 0 unspecified atom stereocenters. The quantitative estimate of drug-likeness (QED) is 0.827. The van der Waals surface area contributed by atoms with E-state index in [1.807, 2.05) is 31.2 Å². The molecule has 4 heteroatoms. The van der Waals surface area contributed by atoms with E-state index in [1.165, 1.54) is 11.9 Å². The number of benzene rings is 1. The molecule has 0 aliphatic heterocycles. The molecule has 0 spiro atoms. The molecule has 86 valence electrons. The fourth-order valence-corrected chi connectivity index (χ4v) is 1.40. The van der Waals surface area contributed by atoms with Crippen molar-refractivity contribution in [1.82, 2.24) is 4.90 Å². The average molecular weight is 221 g/mol. The van der Waals surface area contributed by atoms with Gasteiger partial charge in [-0.15, -0.1) is 0 Å². The second-order valence-electron chi connectivity index (χ2n) is 3.75. The van der Waals surface area contributed by atoms with Crippen LogP contribution in [0.2, 0.25) is 0 Å². The molecule has 1 rings (SSSR count). The van der Waals surface area contributed by atoms with Gasteiger partial charge in [0.05, 0.1) is 6.42 Å². The first-order valence-corrected chi connectivity index (χ1v) is 5.01. The van der Waals surface area contributed by atoms with Crippen molar-refractivity contribution in [2.75, 3.05) is 13.6 Å². The number of carboxylic acids is 1. The number of nitrogens with zero attached hydrogens (tertiary/aromatic N) is 1. The lowest BCUT2D eigenvalue weighted by Crippen LogP contribution is -2.33. The Morgan fingerprint density at radius 2 is 1.94 bits per heavy atom. The maximum absolute atomic E-state index is 11.7. The van der Waals surface area contributed by atoms with E-state index in [-0.39, 0.29) is 18.9 Å². The number of carboxylic acid groups (broad SMARTS) is 1. The van der Waals surface area contributed by atoms with Crippen molar-refractivity contribution < 1.29 is 14.7 Å². The van der Waals surface area contributed by atoms with Crippen molar-refractivity contribution >= 4 is 11.9 Å². The Bertz CT molecular complexity index is 401. The molecule has 16 heavy (non-hydrogen) atoms. The summed E-state index contributed by atoms with van der Waals surface area (Å²) in [6.07, 6.45) is 0.246. The average Bonchev–Trinajstić information content (AvgIpc) is 2.20. The Morgan fingerprint density at radius 1 is 1.31 bits per heavy atom. The number of amides is 1. The Hall–Kier alpha value is -1.84. The lowest BCUT2D eigenvalue weighted by atomic mass is 10.1. The van der Waals surface area contributed by atoms with Gasteiger partial charge >= 0.3 is 5.97 Å². The summed E-state index contributed by atoms with van der Waals surface area (Å²) in [6, 6.07) is 7.58.